The minimum atomic E-state index is -0.154. The van der Waals surface area contributed by atoms with Gasteiger partial charge in [0.1, 0.15) is 0 Å². The van der Waals surface area contributed by atoms with Gasteiger partial charge < -0.3 is 15.5 Å². The van der Waals surface area contributed by atoms with Crippen LogP contribution in [0.4, 0.5) is 10.5 Å². The van der Waals surface area contributed by atoms with Crippen LogP contribution in [0.3, 0.4) is 0 Å². The maximum Gasteiger partial charge on any atom is 0.319 e. The maximum absolute atomic E-state index is 11.8. The van der Waals surface area contributed by atoms with Gasteiger partial charge in [-0.15, -0.1) is 0 Å². The number of anilines is 1. The molecule has 2 amide bonds. The van der Waals surface area contributed by atoms with Crippen molar-refractivity contribution >= 4 is 11.7 Å². The fourth-order valence-electron chi connectivity index (χ4n) is 2.22. The van der Waals surface area contributed by atoms with E-state index in [1.54, 1.807) is 0 Å². The Kier molecular flexibility index (Phi) is 4.55. The molecule has 0 unspecified atom stereocenters. The largest absolute Gasteiger partial charge is 0.335 e. The Hall–Kier alpha value is -1.59. The van der Waals surface area contributed by atoms with Crippen LogP contribution in [0.2, 0.25) is 0 Å². The normalized spacial score (nSPS) is 23.4. The van der Waals surface area contributed by atoms with Crippen molar-refractivity contribution in [2.75, 3.05) is 5.32 Å². The Labute approximate surface area is 107 Å². The molecule has 1 aliphatic rings. The zero-order valence-corrected chi connectivity index (χ0v) is 10.3. The molecule has 1 fully saturated rings. The molecule has 98 valence electrons. The average molecular weight is 249 g/mol. The Bertz CT molecular complexity index is 375. The van der Waals surface area contributed by atoms with E-state index in [1.807, 2.05) is 30.3 Å². The zero-order chi connectivity index (χ0) is 12.8. The quantitative estimate of drug-likeness (QED) is 0.717. The highest BCUT2D eigenvalue weighted by atomic mass is 16.6. The van der Waals surface area contributed by atoms with Crippen LogP contribution >= 0.6 is 0 Å². The first-order valence-corrected chi connectivity index (χ1v) is 6.26. The van der Waals surface area contributed by atoms with Gasteiger partial charge >= 0.3 is 6.03 Å². The van der Waals surface area contributed by atoms with E-state index < -0.39 is 0 Å². The SMILES string of the molecule is NOC1CCC(NC(=O)Nc2ccccc2)CC1. The van der Waals surface area contributed by atoms with Gasteiger partial charge in [0.15, 0.2) is 0 Å². The van der Waals surface area contributed by atoms with Crippen LogP contribution in [0.1, 0.15) is 25.7 Å². The van der Waals surface area contributed by atoms with Gasteiger partial charge in [-0.1, -0.05) is 18.2 Å². The second kappa shape index (κ2) is 6.37. The van der Waals surface area contributed by atoms with Crippen LogP contribution in [-0.4, -0.2) is 18.2 Å². The summed E-state index contributed by atoms with van der Waals surface area (Å²) in [6, 6.07) is 9.46. The van der Waals surface area contributed by atoms with Crippen molar-refractivity contribution in [1.82, 2.24) is 5.32 Å². The molecule has 0 spiro atoms. The number of hydrogen-bond acceptors (Lipinski definition) is 3. The van der Waals surface area contributed by atoms with Gasteiger partial charge in [-0.3, -0.25) is 0 Å². The number of carbonyl (C=O) groups is 1. The predicted molar refractivity (Wildman–Crippen MR) is 69.9 cm³/mol. The first-order valence-electron chi connectivity index (χ1n) is 6.26. The number of rotatable bonds is 3. The minimum absolute atomic E-state index is 0.139. The van der Waals surface area contributed by atoms with Crippen molar-refractivity contribution < 1.29 is 9.63 Å². The Morgan fingerprint density at radius 1 is 1.17 bits per heavy atom. The summed E-state index contributed by atoms with van der Waals surface area (Å²) in [6.45, 7) is 0. The molecule has 0 aromatic heterocycles. The lowest BCUT2D eigenvalue weighted by Crippen LogP contribution is -2.41. The van der Waals surface area contributed by atoms with E-state index in [9.17, 15) is 4.79 Å². The van der Waals surface area contributed by atoms with Crippen LogP contribution < -0.4 is 16.5 Å². The van der Waals surface area contributed by atoms with Gasteiger partial charge in [0, 0.05) is 11.7 Å². The fraction of sp³-hybridized carbons (Fsp3) is 0.462. The van der Waals surface area contributed by atoms with Crippen molar-refractivity contribution in [2.45, 2.75) is 37.8 Å². The van der Waals surface area contributed by atoms with E-state index >= 15 is 0 Å². The van der Waals surface area contributed by atoms with Crippen LogP contribution in [0.5, 0.6) is 0 Å². The van der Waals surface area contributed by atoms with E-state index in [-0.39, 0.29) is 18.2 Å². The number of nitrogens with one attached hydrogen (secondary N) is 2. The molecule has 5 heteroatoms. The predicted octanol–water partition coefficient (Wildman–Crippen LogP) is 2.01. The number of nitrogens with two attached hydrogens (primary N) is 1. The molecule has 0 aliphatic heterocycles. The van der Waals surface area contributed by atoms with Crippen molar-refractivity contribution in [3.8, 4) is 0 Å². The average Bonchev–Trinajstić information content (AvgIpc) is 2.40. The molecule has 0 saturated heterocycles. The third-order valence-corrected chi connectivity index (χ3v) is 3.23. The van der Waals surface area contributed by atoms with E-state index in [0.717, 1.165) is 31.4 Å². The molecular formula is C13H19N3O2. The number of para-hydroxylation sites is 1. The lowest BCUT2D eigenvalue weighted by atomic mass is 9.93. The monoisotopic (exact) mass is 249 g/mol. The van der Waals surface area contributed by atoms with Crippen LogP contribution in [0, 0.1) is 0 Å². The zero-order valence-electron chi connectivity index (χ0n) is 10.3. The molecule has 0 heterocycles. The summed E-state index contributed by atoms with van der Waals surface area (Å²) in [7, 11) is 0. The summed E-state index contributed by atoms with van der Waals surface area (Å²) >= 11 is 0. The highest BCUT2D eigenvalue weighted by Crippen LogP contribution is 2.20. The van der Waals surface area contributed by atoms with Gasteiger partial charge in [-0.25, -0.2) is 10.7 Å². The van der Waals surface area contributed by atoms with Crippen LogP contribution in [0.15, 0.2) is 30.3 Å². The van der Waals surface area contributed by atoms with Gasteiger partial charge in [0.2, 0.25) is 0 Å². The topological polar surface area (TPSA) is 76.4 Å². The molecule has 18 heavy (non-hydrogen) atoms. The van der Waals surface area contributed by atoms with Crippen LogP contribution in [-0.2, 0) is 4.84 Å². The van der Waals surface area contributed by atoms with Crippen LogP contribution in [0.25, 0.3) is 0 Å². The van der Waals surface area contributed by atoms with E-state index in [4.69, 9.17) is 10.7 Å². The molecule has 0 atom stereocenters. The maximum atomic E-state index is 11.8. The number of carbonyl (C=O) groups excluding carboxylic acids is 1. The summed E-state index contributed by atoms with van der Waals surface area (Å²) in [5.41, 5.74) is 0.800. The molecule has 4 N–H and O–H groups in total. The van der Waals surface area contributed by atoms with Crippen molar-refractivity contribution in [3.63, 3.8) is 0 Å². The first-order chi connectivity index (χ1) is 8.78. The molecule has 0 bridgehead atoms. The molecule has 1 aromatic rings. The summed E-state index contributed by atoms with van der Waals surface area (Å²) in [5.74, 6) is 5.15. The summed E-state index contributed by atoms with van der Waals surface area (Å²) in [4.78, 5) is 16.6. The number of urea groups is 1. The van der Waals surface area contributed by atoms with E-state index in [2.05, 4.69) is 10.6 Å². The Morgan fingerprint density at radius 2 is 1.83 bits per heavy atom. The van der Waals surface area contributed by atoms with Gasteiger partial charge in [0.25, 0.3) is 0 Å². The van der Waals surface area contributed by atoms with Crippen molar-refractivity contribution in [2.24, 2.45) is 5.90 Å². The van der Waals surface area contributed by atoms with Crippen molar-refractivity contribution in [3.05, 3.63) is 30.3 Å². The summed E-state index contributed by atoms with van der Waals surface area (Å²) in [5, 5.41) is 5.77. The molecule has 1 aromatic carbocycles. The second-order valence-electron chi connectivity index (χ2n) is 4.57. The third-order valence-electron chi connectivity index (χ3n) is 3.23. The van der Waals surface area contributed by atoms with Gasteiger partial charge in [-0.2, -0.15) is 0 Å². The summed E-state index contributed by atoms with van der Waals surface area (Å²) in [6.07, 6.45) is 3.74. The minimum Gasteiger partial charge on any atom is -0.335 e. The molecule has 2 rings (SSSR count). The standard InChI is InChI=1S/C13H19N3O2/c14-18-12-8-6-11(7-9-12)16-13(17)15-10-4-2-1-3-5-10/h1-5,11-12H,6-9,14H2,(H2,15,16,17). The van der Waals surface area contributed by atoms with E-state index in [0.29, 0.717) is 0 Å². The molecule has 5 nitrogen and oxygen atoms in total. The van der Waals surface area contributed by atoms with Gasteiger partial charge in [0.05, 0.1) is 6.10 Å². The lowest BCUT2D eigenvalue weighted by molar-refractivity contribution is 0.0227. The lowest BCUT2D eigenvalue weighted by Gasteiger charge is -2.27. The van der Waals surface area contributed by atoms with E-state index in [1.165, 1.54) is 0 Å². The molecule has 0 radical (unpaired) electrons. The highest BCUT2D eigenvalue weighted by molar-refractivity contribution is 5.89. The molecule has 1 saturated carbocycles. The second-order valence-corrected chi connectivity index (χ2v) is 4.57. The molecule has 1 aliphatic carbocycles. The fourth-order valence-corrected chi connectivity index (χ4v) is 2.22. The Morgan fingerprint density at radius 3 is 2.44 bits per heavy atom. The first kappa shape index (κ1) is 12.9. The summed E-state index contributed by atoms with van der Waals surface area (Å²) < 4.78 is 0. The highest BCUT2D eigenvalue weighted by Gasteiger charge is 2.22. The molecular weight excluding hydrogens is 230 g/mol. The number of amides is 2. The third kappa shape index (κ3) is 3.72. The number of benzene rings is 1. The number of hydrogen-bond donors (Lipinski definition) is 3. The Balaban J connectivity index is 1.75. The van der Waals surface area contributed by atoms with Crippen molar-refractivity contribution in [1.29, 1.82) is 0 Å². The smallest absolute Gasteiger partial charge is 0.319 e. The van der Waals surface area contributed by atoms with Gasteiger partial charge in [-0.05, 0) is 37.8 Å².